The van der Waals surface area contributed by atoms with Gasteiger partial charge in [-0.05, 0) is 73.9 Å². The number of aromatic amines is 3. The maximum Gasteiger partial charge on any atom is 0.317 e. The van der Waals surface area contributed by atoms with Gasteiger partial charge in [0.05, 0.1) is 24.8 Å². The summed E-state index contributed by atoms with van der Waals surface area (Å²) in [5, 5.41) is 22.2. The van der Waals surface area contributed by atoms with Crippen molar-refractivity contribution in [1.82, 2.24) is 20.3 Å². The smallest absolute Gasteiger partial charge is 0.317 e. The fourth-order valence-electron chi connectivity index (χ4n) is 7.28. The molecule has 1 aliphatic heterocycles. The number of carbonyl (C=O) groups is 5. The number of nitrogens with one attached hydrogen (secondary N) is 4. The molecule has 3 unspecified atom stereocenters. The van der Waals surface area contributed by atoms with Crippen LogP contribution in [0.15, 0.2) is 23.8 Å². The molecular weight excluding hydrogens is 604 g/mol. The summed E-state index contributed by atoms with van der Waals surface area (Å²) < 4.78 is 5.12. The summed E-state index contributed by atoms with van der Waals surface area (Å²) in [6, 6.07) is -0.321. The van der Waals surface area contributed by atoms with Gasteiger partial charge in [-0.3, -0.25) is 24.0 Å². The van der Waals surface area contributed by atoms with Crippen molar-refractivity contribution in [2.45, 2.75) is 71.8 Å². The van der Waals surface area contributed by atoms with Crippen LogP contribution >= 0.6 is 0 Å². The Bertz CT molecular complexity index is 1850. The number of fused-ring (bicyclic) bond motifs is 1. The first-order valence-corrected chi connectivity index (χ1v) is 15.5. The van der Waals surface area contributed by atoms with Crippen LogP contribution in [0.1, 0.15) is 96.4 Å². The number of aliphatic hydroxyl groups is 1. The predicted molar refractivity (Wildman–Crippen MR) is 172 cm³/mol. The molecule has 1 aliphatic carbocycles. The number of Topliss-reactive ketones (excluding diaryl/α,β-unsaturated/α-hetero) is 1. The summed E-state index contributed by atoms with van der Waals surface area (Å²) in [7, 11) is 1.23. The number of carboxylic acids is 1. The summed E-state index contributed by atoms with van der Waals surface area (Å²) in [5.41, 5.74) is 9.09. The van der Waals surface area contributed by atoms with Gasteiger partial charge in [0.2, 0.25) is 0 Å². The first-order valence-electron chi connectivity index (χ1n) is 15.5. The number of ketones is 1. The molecule has 12 heteroatoms. The average molecular weight is 645 g/mol. The van der Waals surface area contributed by atoms with E-state index >= 15 is 0 Å². The highest BCUT2D eigenvalue weighted by molar-refractivity contribution is 6.14. The molecule has 0 bridgehead atoms. The van der Waals surface area contributed by atoms with Gasteiger partial charge in [-0.1, -0.05) is 12.7 Å². The topological polar surface area (TPSA) is 194 Å². The molecule has 12 nitrogen and oxygen atoms in total. The van der Waals surface area contributed by atoms with Crippen molar-refractivity contribution in [3.05, 3.63) is 91.3 Å². The molecule has 3 aromatic rings. The highest BCUT2D eigenvalue weighted by Gasteiger charge is 2.50. The number of carbonyl (C=O) groups excluding carboxylic acids is 4. The van der Waals surface area contributed by atoms with Crippen molar-refractivity contribution in [3.63, 3.8) is 0 Å². The molecule has 0 saturated carbocycles. The van der Waals surface area contributed by atoms with Gasteiger partial charge in [0.25, 0.3) is 5.91 Å². The minimum absolute atomic E-state index is 0.103. The van der Waals surface area contributed by atoms with Crippen LogP contribution in [0.2, 0.25) is 0 Å². The van der Waals surface area contributed by atoms with E-state index in [1.807, 2.05) is 20.8 Å². The Morgan fingerprint density at radius 3 is 2.23 bits per heavy atom. The Labute approximate surface area is 271 Å². The lowest BCUT2D eigenvalue weighted by molar-refractivity contribution is -0.144. The largest absolute Gasteiger partial charge is 0.481 e. The molecule has 2 aliphatic rings. The molecule has 3 atom stereocenters. The second kappa shape index (κ2) is 13.0. The van der Waals surface area contributed by atoms with Crippen LogP contribution in [0.4, 0.5) is 0 Å². The number of carboxylic acid groups (broad SMARTS) is 1. The number of aromatic nitrogens is 3. The Kier molecular flexibility index (Phi) is 9.26. The van der Waals surface area contributed by atoms with Crippen molar-refractivity contribution >= 4 is 29.9 Å². The number of H-pyrrole nitrogens is 3. The number of aliphatic hydroxyl groups excluding tert-OH is 1. The SMILES string of the molecule is C=CC1=C(C)C(Cc2[nH]c(C3c4[nH]c(Cc5[nH]c(C=O)c(C)c5CCO)c(C)c4C(=O)C3C(=O)OC)c(CCC(=O)O)c2C)NC1=O. The quantitative estimate of drug-likeness (QED) is 0.0927. The van der Waals surface area contributed by atoms with Gasteiger partial charge in [-0.25, -0.2) is 0 Å². The number of rotatable bonds is 13. The number of aldehydes is 1. The molecule has 4 heterocycles. The lowest BCUT2D eigenvalue weighted by Gasteiger charge is -2.19. The zero-order valence-corrected chi connectivity index (χ0v) is 27.2. The average Bonchev–Trinajstić information content (AvgIpc) is 3.77. The van der Waals surface area contributed by atoms with Crippen molar-refractivity contribution in [3.8, 4) is 0 Å². The number of ether oxygens (including phenoxy) is 1. The summed E-state index contributed by atoms with van der Waals surface area (Å²) in [5.74, 6) is -4.34. The molecule has 0 spiro atoms. The van der Waals surface area contributed by atoms with Crippen LogP contribution in [0.5, 0.6) is 0 Å². The lowest BCUT2D eigenvalue weighted by atomic mass is 9.87. The molecule has 0 aromatic carbocycles. The first-order chi connectivity index (χ1) is 22.4. The molecule has 47 heavy (non-hydrogen) atoms. The third kappa shape index (κ3) is 5.67. The highest BCUT2D eigenvalue weighted by atomic mass is 16.5. The van der Waals surface area contributed by atoms with E-state index in [2.05, 4.69) is 26.8 Å². The number of hydrogen-bond acceptors (Lipinski definition) is 7. The van der Waals surface area contributed by atoms with Crippen LogP contribution < -0.4 is 5.32 Å². The monoisotopic (exact) mass is 644 g/mol. The second-order valence-corrected chi connectivity index (χ2v) is 12.3. The second-order valence-electron chi connectivity index (χ2n) is 12.3. The normalized spacial score (nSPS) is 18.9. The zero-order valence-electron chi connectivity index (χ0n) is 27.2. The van der Waals surface area contributed by atoms with Crippen LogP contribution in [-0.4, -0.2) is 74.8 Å². The Balaban J connectivity index is 1.64. The molecule has 1 amide bonds. The number of methoxy groups -OCH3 is 1. The van der Waals surface area contributed by atoms with Crippen molar-refractivity contribution in [2.24, 2.45) is 5.92 Å². The fourth-order valence-corrected chi connectivity index (χ4v) is 7.28. The van der Waals surface area contributed by atoms with Gasteiger partial charge >= 0.3 is 11.9 Å². The molecule has 0 fully saturated rings. The van der Waals surface area contributed by atoms with Gasteiger partial charge in [-0.15, -0.1) is 0 Å². The Morgan fingerprint density at radius 1 is 0.936 bits per heavy atom. The molecule has 6 N–H and O–H groups in total. The van der Waals surface area contributed by atoms with Gasteiger partial charge in [0, 0.05) is 65.5 Å². The third-order valence-corrected chi connectivity index (χ3v) is 9.88. The van der Waals surface area contributed by atoms with E-state index in [1.54, 1.807) is 6.92 Å². The standard InChI is InChI=1S/C35H40N4O8/c1-7-19-15(2)23(39-34(19)45)12-22-17(4)21(8-9-27(42)43)31(37-22)29-30(35(46)47-6)33(44)28-18(5)24(38-32(28)29)13-25-20(10-11-40)16(3)26(14-41)36-25/h7,14,23,29-30,36-38,40H,1,8-13H2,2-6H3,(H,39,45)(H,42,43). The molecular formula is C35H40N4O8. The molecule has 0 saturated heterocycles. The number of aliphatic carboxylic acids is 1. The molecule has 248 valence electrons. The predicted octanol–water partition coefficient (Wildman–Crippen LogP) is 3.21. The highest BCUT2D eigenvalue weighted by Crippen LogP contribution is 2.47. The zero-order chi connectivity index (χ0) is 34.3. The molecule has 3 aromatic heterocycles. The molecule has 5 rings (SSSR count). The summed E-state index contributed by atoms with van der Waals surface area (Å²) in [4.78, 5) is 73.2. The van der Waals surface area contributed by atoms with Gasteiger partial charge in [-0.2, -0.15) is 0 Å². The van der Waals surface area contributed by atoms with Gasteiger partial charge in [0.15, 0.2) is 12.1 Å². The summed E-state index contributed by atoms with van der Waals surface area (Å²) in [6.45, 7) is 11.0. The van der Waals surface area contributed by atoms with Crippen molar-refractivity contribution in [1.29, 1.82) is 0 Å². The summed E-state index contributed by atoms with van der Waals surface area (Å²) >= 11 is 0. The van der Waals surface area contributed by atoms with E-state index in [-0.39, 0.29) is 31.4 Å². The minimum Gasteiger partial charge on any atom is -0.481 e. The van der Waals surface area contributed by atoms with E-state index in [9.17, 15) is 34.2 Å². The van der Waals surface area contributed by atoms with E-state index in [0.29, 0.717) is 64.3 Å². The van der Waals surface area contributed by atoms with Crippen molar-refractivity contribution < 1.29 is 38.9 Å². The fraction of sp³-hybridized carbons (Fsp3) is 0.400. The van der Waals surface area contributed by atoms with E-state index in [0.717, 1.165) is 39.9 Å². The van der Waals surface area contributed by atoms with E-state index in [4.69, 9.17) is 4.74 Å². The minimum atomic E-state index is -1.21. The van der Waals surface area contributed by atoms with Gasteiger partial charge in [0.1, 0.15) is 5.92 Å². The van der Waals surface area contributed by atoms with E-state index in [1.165, 1.54) is 13.2 Å². The van der Waals surface area contributed by atoms with Crippen LogP contribution in [0.25, 0.3) is 0 Å². The van der Waals surface area contributed by atoms with Crippen LogP contribution in [0, 0.1) is 26.7 Å². The Hall–Kier alpha value is -4.97. The lowest BCUT2D eigenvalue weighted by Crippen LogP contribution is -2.30. The van der Waals surface area contributed by atoms with Crippen molar-refractivity contribution in [2.75, 3.05) is 13.7 Å². The number of amides is 1. The maximum atomic E-state index is 14.1. The number of esters is 1. The number of hydrogen-bond donors (Lipinski definition) is 6. The summed E-state index contributed by atoms with van der Waals surface area (Å²) in [6.07, 6.45) is 3.27. The Morgan fingerprint density at radius 2 is 1.64 bits per heavy atom. The van der Waals surface area contributed by atoms with E-state index < -0.39 is 29.6 Å². The maximum absolute atomic E-state index is 14.1. The first kappa shape index (κ1) is 33.4. The third-order valence-electron chi connectivity index (χ3n) is 9.88. The molecule has 0 radical (unpaired) electrons. The van der Waals surface area contributed by atoms with Crippen LogP contribution in [-0.2, 0) is 44.8 Å². The van der Waals surface area contributed by atoms with Gasteiger partial charge < -0.3 is 35.2 Å². The van der Waals surface area contributed by atoms with Crippen LogP contribution in [0.3, 0.4) is 0 Å².